The van der Waals surface area contributed by atoms with Crippen molar-refractivity contribution in [3.8, 4) is 0 Å². The van der Waals surface area contributed by atoms with Crippen molar-refractivity contribution in [3.05, 3.63) is 11.6 Å². The number of hydrogen-bond donors (Lipinski definition) is 0. The van der Waals surface area contributed by atoms with E-state index in [1.807, 2.05) is 0 Å². The van der Waals surface area contributed by atoms with Crippen molar-refractivity contribution in [1.82, 2.24) is 0 Å². The third-order valence-electron chi connectivity index (χ3n) is 3.73. The molecule has 0 aromatic carbocycles. The first kappa shape index (κ1) is 8.98. The number of rotatable bonds is 0. The van der Waals surface area contributed by atoms with Gasteiger partial charge in [-0.2, -0.15) is 0 Å². The highest BCUT2D eigenvalue weighted by molar-refractivity contribution is 5.83. The molecule has 0 bridgehead atoms. The van der Waals surface area contributed by atoms with E-state index in [0.717, 1.165) is 25.7 Å². The first-order chi connectivity index (χ1) is 6.12. The van der Waals surface area contributed by atoms with E-state index < -0.39 is 0 Å². The Morgan fingerprint density at radius 3 is 3.00 bits per heavy atom. The van der Waals surface area contributed by atoms with E-state index >= 15 is 0 Å². The van der Waals surface area contributed by atoms with E-state index in [0.29, 0.717) is 11.7 Å². The summed E-state index contributed by atoms with van der Waals surface area (Å²) >= 11 is 0. The van der Waals surface area contributed by atoms with Crippen LogP contribution in [0, 0.1) is 11.3 Å². The van der Waals surface area contributed by atoms with Gasteiger partial charge in [-0.15, -0.1) is 0 Å². The van der Waals surface area contributed by atoms with Crippen molar-refractivity contribution in [2.75, 3.05) is 0 Å². The van der Waals surface area contributed by atoms with Crippen LogP contribution < -0.4 is 0 Å². The number of carbonyl (C=O) groups excluding carboxylic acids is 1. The minimum absolute atomic E-state index is 0.206. The molecule has 2 rings (SSSR count). The van der Waals surface area contributed by atoms with E-state index in [4.69, 9.17) is 0 Å². The standard InChI is InChI=1S/C12H18O/c1-9-5-6-10-11(13)4-3-7-12(10,2)8-9/h8,10H,3-7H2,1-2H3/t10?,12-/m0/s1. The van der Waals surface area contributed by atoms with Crippen LogP contribution >= 0.6 is 0 Å². The predicted molar refractivity (Wildman–Crippen MR) is 53.4 cm³/mol. The lowest BCUT2D eigenvalue weighted by Crippen LogP contribution is -2.38. The largest absolute Gasteiger partial charge is 0.299 e. The van der Waals surface area contributed by atoms with Crippen molar-refractivity contribution >= 4 is 5.78 Å². The van der Waals surface area contributed by atoms with Gasteiger partial charge in [0, 0.05) is 12.3 Å². The van der Waals surface area contributed by atoms with Gasteiger partial charge in [-0.1, -0.05) is 18.6 Å². The molecule has 72 valence electrons. The van der Waals surface area contributed by atoms with E-state index in [9.17, 15) is 4.79 Å². The van der Waals surface area contributed by atoms with Gasteiger partial charge >= 0.3 is 0 Å². The van der Waals surface area contributed by atoms with Crippen LogP contribution in [0.3, 0.4) is 0 Å². The Labute approximate surface area is 80.2 Å². The van der Waals surface area contributed by atoms with Crippen molar-refractivity contribution in [2.45, 2.75) is 46.0 Å². The SMILES string of the molecule is CC1=C[C@]2(C)CCCC(=O)C2CC1. The summed E-state index contributed by atoms with van der Waals surface area (Å²) in [5, 5.41) is 0. The molecule has 2 aliphatic carbocycles. The highest BCUT2D eigenvalue weighted by Crippen LogP contribution is 2.46. The molecule has 0 heterocycles. The molecule has 0 aromatic heterocycles. The molecule has 2 atom stereocenters. The summed E-state index contributed by atoms with van der Waals surface area (Å²) in [4.78, 5) is 11.7. The summed E-state index contributed by atoms with van der Waals surface area (Å²) in [6.45, 7) is 4.46. The van der Waals surface area contributed by atoms with Crippen molar-refractivity contribution in [2.24, 2.45) is 11.3 Å². The predicted octanol–water partition coefficient (Wildman–Crippen LogP) is 3.10. The molecule has 0 saturated heterocycles. The van der Waals surface area contributed by atoms with E-state index in [1.165, 1.54) is 12.0 Å². The van der Waals surface area contributed by atoms with Crippen LogP contribution in [0.2, 0.25) is 0 Å². The molecule has 1 unspecified atom stereocenters. The summed E-state index contributed by atoms with van der Waals surface area (Å²) < 4.78 is 0. The fraction of sp³-hybridized carbons (Fsp3) is 0.750. The fourth-order valence-corrected chi connectivity index (χ4v) is 3.03. The van der Waals surface area contributed by atoms with Crippen LogP contribution in [0.25, 0.3) is 0 Å². The second-order valence-electron chi connectivity index (χ2n) is 4.91. The quantitative estimate of drug-likeness (QED) is 0.521. The Morgan fingerprint density at radius 2 is 2.23 bits per heavy atom. The summed E-state index contributed by atoms with van der Waals surface area (Å²) in [5.74, 6) is 0.849. The maximum absolute atomic E-state index is 11.7. The molecule has 0 aromatic rings. The van der Waals surface area contributed by atoms with Crippen LogP contribution in [0.1, 0.15) is 46.0 Å². The first-order valence-corrected chi connectivity index (χ1v) is 5.33. The lowest BCUT2D eigenvalue weighted by Gasteiger charge is -2.41. The Hall–Kier alpha value is -0.590. The highest BCUT2D eigenvalue weighted by Gasteiger charge is 2.41. The summed E-state index contributed by atoms with van der Waals surface area (Å²) in [6.07, 6.45) is 7.71. The van der Waals surface area contributed by atoms with Gasteiger partial charge in [-0.05, 0) is 38.0 Å². The molecule has 0 amide bonds. The van der Waals surface area contributed by atoms with Crippen LogP contribution in [-0.4, -0.2) is 5.78 Å². The molecule has 1 fully saturated rings. The highest BCUT2D eigenvalue weighted by atomic mass is 16.1. The zero-order valence-corrected chi connectivity index (χ0v) is 8.60. The monoisotopic (exact) mass is 178 g/mol. The molecule has 0 N–H and O–H groups in total. The maximum atomic E-state index is 11.7. The third-order valence-corrected chi connectivity index (χ3v) is 3.73. The smallest absolute Gasteiger partial charge is 0.136 e. The van der Waals surface area contributed by atoms with E-state index in [1.54, 1.807) is 0 Å². The molecule has 0 aliphatic heterocycles. The Bertz CT molecular complexity index is 264. The van der Waals surface area contributed by atoms with E-state index in [2.05, 4.69) is 19.9 Å². The number of ketones is 1. The Kier molecular flexibility index (Phi) is 2.05. The van der Waals surface area contributed by atoms with Gasteiger partial charge < -0.3 is 0 Å². The van der Waals surface area contributed by atoms with Gasteiger partial charge in [0.05, 0.1) is 0 Å². The van der Waals surface area contributed by atoms with Gasteiger partial charge in [0.15, 0.2) is 0 Å². The number of hydrogen-bond acceptors (Lipinski definition) is 1. The lowest BCUT2D eigenvalue weighted by atomic mass is 9.62. The number of Topliss-reactive ketones (excluding diaryl/α,β-unsaturated/α-hetero) is 1. The van der Waals surface area contributed by atoms with Crippen LogP contribution in [-0.2, 0) is 4.79 Å². The molecule has 2 aliphatic rings. The zero-order valence-electron chi connectivity index (χ0n) is 8.60. The van der Waals surface area contributed by atoms with Crippen LogP contribution in [0.5, 0.6) is 0 Å². The zero-order chi connectivity index (χ0) is 9.47. The van der Waals surface area contributed by atoms with E-state index in [-0.39, 0.29) is 5.41 Å². The van der Waals surface area contributed by atoms with Crippen LogP contribution in [0.15, 0.2) is 11.6 Å². The molecule has 1 heteroatoms. The molecule has 1 nitrogen and oxygen atoms in total. The van der Waals surface area contributed by atoms with Crippen molar-refractivity contribution in [3.63, 3.8) is 0 Å². The Morgan fingerprint density at radius 1 is 1.46 bits per heavy atom. The minimum atomic E-state index is 0.206. The number of carbonyl (C=O) groups is 1. The fourth-order valence-electron chi connectivity index (χ4n) is 3.03. The van der Waals surface area contributed by atoms with Gasteiger partial charge in [0.1, 0.15) is 5.78 Å². The molecule has 0 radical (unpaired) electrons. The molecular formula is C12H18O. The van der Waals surface area contributed by atoms with Crippen LogP contribution in [0.4, 0.5) is 0 Å². The van der Waals surface area contributed by atoms with Gasteiger partial charge in [-0.3, -0.25) is 4.79 Å². The van der Waals surface area contributed by atoms with Gasteiger partial charge in [0.25, 0.3) is 0 Å². The molecule has 0 spiro atoms. The lowest BCUT2D eigenvalue weighted by molar-refractivity contribution is -0.129. The average Bonchev–Trinajstić information content (AvgIpc) is 2.02. The average molecular weight is 178 g/mol. The van der Waals surface area contributed by atoms with Crippen molar-refractivity contribution in [1.29, 1.82) is 0 Å². The van der Waals surface area contributed by atoms with Gasteiger partial charge in [-0.25, -0.2) is 0 Å². The minimum Gasteiger partial charge on any atom is -0.299 e. The maximum Gasteiger partial charge on any atom is 0.136 e. The normalized spacial score (nSPS) is 39.7. The summed E-state index contributed by atoms with van der Waals surface area (Å²) in [7, 11) is 0. The number of allylic oxidation sites excluding steroid dienone is 2. The van der Waals surface area contributed by atoms with Gasteiger partial charge in [0.2, 0.25) is 0 Å². The number of fused-ring (bicyclic) bond motifs is 1. The molecule has 13 heavy (non-hydrogen) atoms. The topological polar surface area (TPSA) is 17.1 Å². The second kappa shape index (κ2) is 2.97. The second-order valence-corrected chi connectivity index (χ2v) is 4.91. The molecule has 1 saturated carbocycles. The first-order valence-electron chi connectivity index (χ1n) is 5.33. The molecular weight excluding hydrogens is 160 g/mol. The van der Waals surface area contributed by atoms with Crippen molar-refractivity contribution < 1.29 is 4.79 Å². The summed E-state index contributed by atoms with van der Waals surface area (Å²) in [5.41, 5.74) is 1.69. The third kappa shape index (κ3) is 1.45. The summed E-state index contributed by atoms with van der Waals surface area (Å²) in [6, 6.07) is 0. The Balaban J connectivity index is 2.31.